The molecule has 0 N–H and O–H groups in total. The molecule has 0 spiro atoms. The van der Waals surface area contributed by atoms with Crippen molar-refractivity contribution in [3.05, 3.63) is 30.5 Å². The fourth-order valence-corrected chi connectivity index (χ4v) is 2.55. The predicted octanol–water partition coefficient (Wildman–Crippen LogP) is 1.10. The summed E-state index contributed by atoms with van der Waals surface area (Å²) in [6, 6.07) is 2.09. The van der Waals surface area contributed by atoms with Crippen LogP contribution in [-0.2, 0) is 13.5 Å². The molecule has 6 heteroatoms. The summed E-state index contributed by atoms with van der Waals surface area (Å²) in [7, 11) is 2.03. The lowest BCUT2D eigenvalue weighted by molar-refractivity contribution is 0.624. The van der Waals surface area contributed by atoms with Gasteiger partial charge in [-0.3, -0.25) is 0 Å². The molecule has 0 saturated carbocycles. The van der Waals surface area contributed by atoms with E-state index >= 15 is 0 Å². The number of rotatable bonds is 3. The maximum Gasteiger partial charge on any atom is 0.205 e. The molecule has 2 aromatic heterocycles. The van der Waals surface area contributed by atoms with Gasteiger partial charge >= 0.3 is 0 Å². The number of nitrogens with zero attached hydrogens (tertiary/aromatic N) is 6. The standard InChI is InChI=1S/C14H20N6/c1-3-12-10-13(17-11-16-12)19-6-8-20(9-7-19)14-15-4-5-18(14)2/h4-5,10-11H,3,6-9H2,1-2H3. The smallest absolute Gasteiger partial charge is 0.205 e. The van der Waals surface area contributed by atoms with Crippen LogP contribution in [0.5, 0.6) is 0 Å². The van der Waals surface area contributed by atoms with E-state index in [1.807, 2.05) is 19.4 Å². The van der Waals surface area contributed by atoms with Crippen LogP contribution < -0.4 is 9.80 Å². The zero-order valence-corrected chi connectivity index (χ0v) is 12.0. The Labute approximate surface area is 119 Å². The van der Waals surface area contributed by atoms with E-state index in [1.165, 1.54) is 0 Å². The predicted molar refractivity (Wildman–Crippen MR) is 79.0 cm³/mol. The molecule has 3 heterocycles. The second-order valence-corrected chi connectivity index (χ2v) is 5.03. The number of aromatic nitrogens is 4. The van der Waals surface area contributed by atoms with Gasteiger partial charge in [-0.25, -0.2) is 15.0 Å². The minimum Gasteiger partial charge on any atom is -0.353 e. The number of imidazole rings is 1. The Morgan fingerprint density at radius 1 is 1.05 bits per heavy atom. The Balaban J connectivity index is 1.68. The van der Waals surface area contributed by atoms with Crippen LogP contribution in [0, 0.1) is 0 Å². The van der Waals surface area contributed by atoms with E-state index in [0.717, 1.165) is 50.1 Å². The van der Waals surface area contributed by atoms with Crippen molar-refractivity contribution in [2.24, 2.45) is 7.05 Å². The number of piperazine rings is 1. The van der Waals surface area contributed by atoms with Gasteiger partial charge in [-0.2, -0.15) is 0 Å². The van der Waals surface area contributed by atoms with Gasteiger partial charge in [-0.1, -0.05) is 6.92 Å². The van der Waals surface area contributed by atoms with Gasteiger partial charge in [0.1, 0.15) is 12.1 Å². The summed E-state index contributed by atoms with van der Waals surface area (Å²) in [5, 5.41) is 0. The molecule has 0 atom stereocenters. The van der Waals surface area contributed by atoms with Gasteiger partial charge in [-0.05, 0) is 6.42 Å². The molecule has 6 nitrogen and oxygen atoms in total. The summed E-state index contributed by atoms with van der Waals surface area (Å²) in [5.74, 6) is 2.08. The van der Waals surface area contributed by atoms with Crippen LogP contribution in [0.15, 0.2) is 24.8 Å². The van der Waals surface area contributed by atoms with Crippen molar-refractivity contribution >= 4 is 11.8 Å². The monoisotopic (exact) mass is 272 g/mol. The van der Waals surface area contributed by atoms with Crippen LogP contribution in [0.3, 0.4) is 0 Å². The molecule has 2 aromatic rings. The summed E-state index contributed by atoms with van der Waals surface area (Å²) >= 11 is 0. The van der Waals surface area contributed by atoms with E-state index < -0.39 is 0 Å². The summed E-state index contributed by atoms with van der Waals surface area (Å²) in [6.45, 7) is 5.98. The highest BCUT2D eigenvalue weighted by Crippen LogP contribution is 2.17. The molecule has 1 aliphatic rings. The average molecular weight is 272 g/mol. The topological polar surface area (TPSA) is 50.1 Å². The first-order chi connectivity index (χ1) is 9.78. The lowest BCUT2D eigenvalue weighted by Gasteiger charge is -2.35. The van der Waals surface area contributed by atoms with E-state index in [4.69, 9.17) is 0 Å². The number of anilines is 2. The maximum atomic E-state index is 4.41. The molecule has 1 aliphatic heterocycles. The van der Waals surface area contributed by atoms with Crippen LogP contribution in [-0.4, -0.2) is 45.7 Å². The zero-order chi connectivity index (χ0) is 13.9. The zero-order valence-electron chi connectivity index (χ0n) is 12.0. The van der Waals surface area contributed by atoms with Crippen LogP contribution in [0.4, 0.5) is 11.8 Å². The van der Waals surface area contributed by atoms with Gasteiger partial charge in [0, 0.05) is 57.4 Å². The summed E-state index contributed by atoms with van der Waals surface area (Å²) < 4.78 is 2.07. The third kappa shape index (κ3) is 2.45. The molecule has 0 unspecified atom stereocenters. The van der Waals surface area contributed by atoms with Crippen molar-refractivity contribution in [1.82, 2.24) is 19.5 Å². The summed E-state index contributed by atoms with van der Waals surface area (Å²) in [6.07, 6.45) is 6.45. The van der Waals surface area contributed by atoms with E-state index in [2.05, 4.69) is 42.3 Å². The van der Waals surface area contributed by atoms with E-state index in [1.54, 1.807) is 6.33 Å². The molecule has 0 amide bonds. The average Bonchev–Trinajstić information content (AvgIpc) is 2.94. The van der Waals surface area contributed by atoms with Crippen molar-refractivity contribution in [1.29, 1.82) is 0 Å². The Kier molecular flexibility index (Phi) is 3.54. The van der Waals surface area contributed by atoms with Crippen molar-refractivity contribution in [3.8, 4) is 0 Å². The normalized spacial score (nSPS) is 15.7. The fraction of sp³-hybridized carbons (Fsp3) is 0.500. The van der Waals surface area contributed by atoms with Crippen LogP contribution >= 0.6 is 0 Å². The van der Waals surface area contributed by atoms with Crippen molar-refractivity contribution < 1.29 is 0 Å². The molecule has 0 bridgehead atoms. The Hall–Kier alpha value is -2.11. The van der Waals surface area contributed by atoms with Gasteiger partial charge in [0.15, 0.2) is 0 Å². The van der Waals surface area contributed by atoms with Crippen molar-refractivity contribution in [2.75, 3.05) is 36.0 Å². The van der Waals surface area contributed by atoms with Gasteiger partial charge < -0.3 is 14.4 Å². The molecule has 1 saturated heterocycles. The van der Waals surface area contributed by atoms with Gasteiger partial charge in [-0.15, -0.1) is 0 Å². The third-order valence-electron chi connectivity index (χ3n) is 3.75. The minimum absolute atomic E-state index is 0.947. The first-order valence-electron chi connectivity index (χ1n) is 7.06. The summed E-state index contributed by atoms with van der Waals surface area (Å²) in [5.41, 5.74) is 1.10. The van der Waals surface area contributed by atoms with E-state index in [9.17, 15) is 0 Å². The van der Waals surface area contributed by atoms with E-state index in [0.29, 0.717) is 0 Å². The molecule has 0 radical (unpaired) electrons. The Bertz CT molecular complexity index is 571. The lowest BCUT2D eigenvalue weighted by atomic mass is 10.3. The largest absolute Gasteiger partial charge is 0.353 e. The van der Waals surface area contributed by atoms with E-state index in [-0.39, 0.29) is 0 Å². The third-order valence-corrected chi connectivity index (χ3v) is 3.75. The number of hydrogen-bond donors (Lipinski definition) is 0. The van der Waals surface area contributed by atoms with Crippen molar-refractivity contribution in [3.63, 3.8) is 0 Å². The quantitative estimate of drug-likeness (QED) is 0.837. The number of aryl methyl sites for hydroxylation is 2. The molecular formula is C14H20N6. The first-order valence-corrected chi connectivity index (χ1v) is 7.06. The fourth-order valence-electron chi connectivity index (χ4n) is 2.55. The minimum atomic E-state index is 0.947. The molecule has 1 fully saturated rings. The van der Waals surface area contributed by atoms with Crippen LogP contribution in [0.25, 0.3) is 0 Å². The molecule has 106 valence electrons. The van der Waals surface area contributed by atoms with Gasteiger partial charge in [0.05, 0.1) is 0 Å². The SMILES string of the molecule is CCc1cc(N2CCN(c3nccn3C)CC2)ncn1. The Morgan fingerprint density at radius 3 is 2.45 bits per heavy atom. The van der Waals surface area contributed by atoms with Crippen LogP contribution in [0.1, 0.15) is 12.6 Å². The molecule has 3 rings (SSSR count). The van der Waals surface area contributed by atoms with Crippen LogP contribution in [0.2, 0.25) is 0 Å². The molecule has 0 aromatic carbocycles. The lowest BCUT2D eigenvalue weighted by Crippen LogP contribution is -2.47. The molecule has 0 aliphatic carbocycles. The highest BCUT2D eigenvalue weighted by molar-refractivity contribution is 5.43. The maximum absolute atomic E-state index is 4.41. The van der Waals surface area contributed by atoms with Crippen molar-refractivity contribution in [2.45, 2.75) is 13.3 Å². The highest BCUT2D eigenvalue weighted by Gasteiger charge is 2.20. The van der Waals surface area contributed by atoms with Gasteiger partial charge in [0.2, 0.25) is 5.95 Å². The Morgan fingerprint density at radius 2 is 1.80 bits per heavy atom. The number of hydrogen-bond acceptors (Lipinski definition) is 5. The molecular weight excluding hydrogens is 252 g/mol. The second kappa shape index (κ2) is 5.48. The molecule has 20 heavy (non-hydrogen) atoms. The van der Waals surface area contributed by atoms with Gasteiger partial charge in [0.25, 0.3) is 0 Å². The summed E-state index contributed by atoms with van der Waals surface area (Å²) in [4.78, 5) is 17.7. The highest BCUT2D eigenvalue weighted by atomic mass is 15.4. The second-order valence-electron chi connectivity index (χ2n) is 5.03. The first kappa shape index (κ1) is 12.9.